The summed E-state index contributed by atoms with van der Waals surface area (Å²) in [6, 6.07) is 15.0. The lowest BCUT2D eigenvalue weighted by atomic mass is 9.99. The lowest BCUT2D eigenvalue weighted by Crippen LogP contribution is -2.34. The van der Waals surface area contributed by atoms with E-state index in [0.29, 0.717) is 23.0 Å². The Bertz CT molecular complexity index is 794. The summed E-state index contributed by atoms with van der Waals surface area (Å²) >= 11 is 0. The van der Waals surface area contributed by atoms with E-state index in [1.165, 1.54) is 38.8 Å². The average molecular weight is 437 g/mol. The standard InChI is InChI=1S/C27H36N2O3/c1-28-15-3-5-21(17-28)19-31-25-11-7-23(8-12-25)27(30)24-9-13-26(14-10-24)32-20-22-6-4-16-29(2)18-22/h7-14,21-22H,3-6,15-20H2,1-2H3. The zero-order chi connectivity index (χ0) is 22.3. The van der Waals surface area contributed by atoms with E-state index in [-0.39, 0.29) is 5.78 Å². The normalized spacial score (nSPS) is 22.4. The third-order valence-corrected chi connectivity index (χ3v) is 6.65. The summed E-state index contributed by atoms with van der Waals surface area (Å²) in [5.41, 5.74) is 1.35. The maximum atomic E-state index is 12.9. The molecule has 4 rings (SSSR count). The molecule has 0 N–H and O–H groups in total. The Balaban J connectivity index is 1.27. The molecule has 2 unspecified atom stereocenters. The fraction of sp³-hybridized carbons (Fsp3) is 0.519. The lowest BCUT2D eigenvalue weighted by Gasteiger charge is -2.29. The van der Waals surface area contributed by atoms with E-state index in [1.54, 1.807) is 0 Å². The molecule has 0 radical (unpaired) electrons. The van der Waals surface area contributed by atoms with E-state index < -0.39 is 0 Å². The summed E-state index contributed by atoms with van der Waals surface area (Å²) in [6.45, 7) is 6.01. The van der Waals surface area contributed by atoms with Gasteiger partial charge in [0.2, 0.25) is 0 Å². The predicted molar refractivity (Wildman–Crippen MR) is 128 cm³/mol. The fourth-order valence-corrected chi connectivity index (χ4v) is 4.82. The molecule has 0 aromatic heterocycles. The Labute approximate surface area is 192 Å². The van der Waals surface area contributed by atoms with Gasteiger partial charge in [-0.2, -0.15) is 0 Å². The van der Waals surface area contributed by atoms with Gasteiger partial charge in [-0.05, 0) is 101 Å². The smallest absolute Gasteiger partial charge is 0.193 e. The summed E-state index contributed by atoms with van der Waals surface area (Å²) in [6.07, 6.45) is 4.91. The third-order valence-electron chi connectivity index (χ3n) is 6.65. The van der Waals surface area contributed by atoms with Crippen molar-refractivity contribution < 1.29 is 14.3 Å². The van der Waals surface area contributed by atoms with E-state index >= 15 is 0 Å². The second-order valence-corrected chi connectivity index (χ2v) is 9.54. The third kappa shape index (κ3) is 6.33. The average Bonchev–Trinajstić information content (AvgIpc) is 2.82. The van der Waals surface area contributed by atoms with Crippen molar-refractivity contribution in [1.29, 1.82) is 0 Å². The summed E-state index contributed by atoms with van der Waals surface area (Å²) in [4.78, 5) is 17.6. The van der Waals surface area contributed by atoms with E-state index in [1.807, 2.05) is 48.5 Å². The summed E-state index contributed by atoms with van der Waals surface area (Å²) in [7, 11) is 4.33. The lowest BCUT2D eigenvalue weighted by molar-refractivity contribution is 0.103. The minimum Gasteiger partial charge on any atom is -0.493 e. The molecule has 0 bridgehead atoms. The van der Waals surface area contributed by atoms with Crippen molar-refractivity contribution in [3.8, 4) is 11.5 Å². The molecule has 2 fully saturated rings. The number of ether oxygens (including phenoxy) is 2. The van der Waals surface area contributed by atoms with Gasteiger partial charge in [0.15, 0.2) is 5.78 Å². The minimum absolute atomic E-state index is 0.0194. The van der Waals surface area contributed by atoms with E-state index in [0.717, 1.165) is 37.8 Å². The zero-order valence-electron chi connectivity index (χ0n) is 19.5. The number of hydrogen-bond acceptors (Lipinski definition) is 5. The molecule has 2 aromatic rings. The van der Waals surface area contributed by atoms with E-state index in [4.69, 9.17) is 9.47 Å². The molecule has 2 saturated heterocycles. The molecule has 2 aliphatic heterocycles. The number of ketones is 1. The van der Waals surface area contributed by atoms with Crippen molar-refractivity contribution in [2.75, 3.05) is 53.5 Å². The van der Waals surface area contributed by atoms with Crippen LogP contribution in [0.2, 0.25) is 0 Å². The van der Waals surface area contributed by atoms with Gasteiger partial charge in [-0.3, -0.25) is 4.79 Å². The molecule has 2 heterocycles. The van der Waals surface area contributed by atoms with Crippen molar-refractivity contribution in [2.24, 2.45) is 11.8 Å². The highest BCUT2D eigenvalue weighted by atomic mass is 16.5. The number of benzene rings is 2. The molecule has 2 aromatic carbocycles. The van der Waals surface area contributed by atoms with Gasteiger partial charge >= 0.3 is 0 Å². The number of piperidine rings is 2. The van der Waals surface area contributed by atoms with Crippen LogP contribution in [0.15, 0.2) is 48.5 Å². The molecular formula is C27H36N2O3. The van der Waals surface area contributed by atoms with Crippen LogP contribution in [0.5, 0.6) is 11.5 Å². The first-order valence-corrected chi connectivity index (χ1v) is 11.9. The minimum atomic E-state index is 0.0194. The van der Waals surface area contributed by atoms with Crippen molar-refractivity contribution in [2.45, 2.75) is 25.7 Å². The summed E-state index contributed by atoms with van der Waals surface area (Å²) in [5.74, 6) is 2.83. The van der Waals surface area contributed by atoms with Crippen LogP contribution < -0.4 is 9.47 Å². The maximum absolute atomic E-state index is 12.9. The SMILES string of the molecule is CN1CCCC(COc2ccc(C(=O)c3ccc(OCC4CCCN(C)C4)cc3)cc2)C1. The molecule has 5 heteroatoms. The molecule has 2 aliphatic rings. The molecule has 5 nitrogen and oxygen atoms in total. The van der Waals surface area contributed by atoms with Gasteiger partial charge in [-0.15, -0.1) is 0 Å². The largest absolute Gasteiger partial charge is 0.493 e. The first kappa shape index (κ1) is 22.8. The molecular weight excluding hydrogens is 400 g/mol. The van der Waals surface area contributed by atoms with Gasteiger partial charge in [0, 0.05) is 36.1 Å². The molecule has 32 heavy (non-hydrogen) atoms. The number of carbonyl (C=O) groups excluding carboxylic acids is 1. The first-order valence-electron chi connectivity index (χ1n) is 11.9. The second kappa shape index (κ2) is 11.0. The van der Waals surface area contributed by atoms with Crippen molar-refractivity contribution in [1.82, 2.24) is 9.80 Å². The number of hydrogen-bond donors (Lipinski definition) is 0. The van der Waals surface area contributed by atoms with Crippen LogP contribution in [0.1, 0.15) is 41.6 Å². The Hall–Kier alpha value is -2.37. The highest BCUT2D eigenvalue weighted by Crippen LogP contribution is 2.22. The molecule has 172 valence electrons. The second-order valence-electron chi connectivity index (χ2n) is 9.54. The Morgan fingerprint density at radius 2 is 1.16 bits per heavy atom. The van der Waals surface area contributed by atoms with Crippen LogP contribution >= 0.6 is 0 Å². The number of likely N-dealkylation sites (tertiary alicyclic amines) is 2. The Morgan fingerprint density at radius 3 is 1.53 bits per heavy atom. The molecule has 2 atom stereocenters. The van der Waals surface area contributed by atoms with Crippen LogP contribution in [0, 0.1) is 11.8 Å². The van der Waals surface area contributed by atoms with Crippen LogP contribution in [-0.4, -0.2) is 69.1 Å². The molecule has 0 spiro atoms. The van der Waals surface area contributed by atoms with Crippen molar-refractivity contribution >= 4 is 5.78 Å². The predicted octanol–water partition coefficient (Wildman–Crippen LogP) is 4.36. The molecule has 0 amide bonds. The summed E-state index contributed by atoms with van der Waals surface area (Å²) in [5, 5.41) is 0. The molecule has 0 aliphatic carbocycles. The Kier molecular flexibility index (Phi) is 7.82. The van der Waals surface area contributed by atoms with E-state index in [9.17, 15) is 4.79 Å². The van der Waals surface area contributed by atoms with Crippen LogP contribution in [0.25, 0.3) is 0 Å². The topological polar surface area (TPSA) is 42.0 Å². The Morgan fingerprint density at radius 1 is 0.750 bits per heavy atom. The van der Waals surface area contributed by atoms with Gasteiger partial charge in [0.25, 0.3) is 0 Å². The van der Waals surface area contributed by atoms with Gasteiger partial charge in [-0.1, -0.05) is 0 Å². The van der Waals surface area contributed by atoms with Crippen molar-refractivity contribution in [3.63, 3.8) is 0 Å². The van der Waals surface area contributed by atoms with Gasteiger partial charge < -0.3 is 19.3 Å². The van der Waals surface area contributed by atoms with Crippen LogP contribution in [0.4, 0.5) is 0 Å². The van der Waals surface area contributed by atoms with E-state index in [2.05, 4.69) is 23.9 Å². The maximum Gasteiger partial charge on any atom is 0.193 e. The number of carbonyl (C=O) groups is 1. The summed E-state index contributed by atoms with van der Waals surface area (Å²) < 4.78 is 12.0. The number of rotatable bonds is 8. The zero-order valence-corrected chi connectivity index (χ0v) is 19.5. The number of nitrogens with zero attached hydrogens (tertiary/aromatic N) is 2. The van der Waals surface area contributed by atoms with Gasteiger partial charge in [-0.25, -0.2) is 0 Å². The van der Waals surface area contributed by atoms with Crippen molar-refractivity contribution in [3.05, 3.63) is 59.7 Å². The fourth-order valence-electron chi connectivity index (χ4n) is 4.82. The van der Waals surface area contributed by atoms with Crippen LogP contribution in [0.3, 0.4) is 0 Å². The van der Waals surface area contributed by atoms with Crippen LogP contribution in [-0.2, 0) is 0 Å². The molecule has 0 saturated carbocycles. The monoisotopic (exact) mass is 436 g/mol. The quantitative estimate of drug-likeness (QED) is 0.575. The first-order chi connectivity index (χ1) is 15.6. The highest BCUT2D eigenvalue weighted by Gasteiger charge is 2.19. The van der Waals surface area contributed by atoms with Gasteiger partial charge in [0.05, 0.1) is 13.2 Å². The van der Waals surface area contributed by atoms with Gasteiger partial charge in [0.1, 0.15) is 11.5 Å². The highest BCUT2D eigenvalue weighted by molar-refractivity contribution is 6.09.